The Morgan fingerprint density at radius 3 is 1.65 bits per heavy atom. The number of hydrogen-bond donors (Lipinski definition) is 2. The van der Waals surface area contributed by atoms with E-state index >= 15 is 0 Å². The van der Waals surface area contributed by atoms with E-state index in [1.54, 1.807) is 0 Å². The number of anilines is 2. The van der Waals surface area contributed by atoms with E-state index in [0.29, 0.717) is 5.01 Å². The maximum atomic E-state index is 11.7. The van der Waals surface area contributed by atoms with Crippen molar-refractivity contribution in [1.29, 1.82) is 0 Å². The minimum atomic E-state index is -4.34. The van der Waals surface area contributed by atoms with E-state index in [9.17, 15) is 38.8 Å². The van der Waals surface area contributed by atoms with Crippen molar-refractivity contribution in [3.8, 4) is 0 Å². The second kappa shape index (κ2) is 9.35. The van der Waals surface area contributed by atoms with Crippen molar-refractivity contribution >= 4 is 44.2 Å². The third-order valence-electron chi connectivity index (χ3n) is 4.28. The Bertz CT molecular complexity index is 1410. The summed E-state index contributed by atoms with van der Waals surface area (Å²) in [5, 5.41) is 39.5. The molecule has 3 aromatic carbocycles. The van der Waals surface area contributed by atoms with Crippen LogP contribution in [0.4, 0.5) is 34.1 Å². The molecule has 3 rings (SSSR count). The van der Waals surface area contributed by atoms with Crippen LogP contribution in [-0.4, -0.2) is 33.1 Å². The van der Waals surface area contributed by atoms with Crippen molar-refractivity contribution in [3.05, 3.63) is 91.9 Å². The average Bonchev–Trinajstić information content (AvgIpc) is 2.78. The first-order valence-corrected chi connectivity index (χ1v) is 10.4. The third-order valence-corrected chi connectivity index (χ3v) is 5.15. The van der Waals surface area contributed by atoms with E-state index in [0.717, 1.165) is 30.3 Å². The van der Waals surface area contributed by atoms with Crippen LogP contribution < -0.4 is 5.01 Å². The lowest BCUT2D eigenvalue weighted by Gasteiger charge is -2.10. The molecular formula is C18H13N6O9S+. The van der Waals surface area contributed by atoms with E-state index in [-0.39, 0.29) is 27.6 Å². The number of nitro benzene ring substituents is 2. The van der Waals surface area contributed by atoms with Gasteiger partial charge < -0.3 is 0 Å². The molecule has 0 unspecified atom stereocenters. The maximum Gasteiger partial charge on any atom is 0.367 e. The van der Waals surface area contributed by atoms with Gasteiger partial charge in [-0.15, -0.1) is 0 Å². The summed E-state index contributed by atoms with van der Waals surface area (Å²) >= 11 is 0. The van der Waals surface area contributed by atoms with Crippen LogP contribution in [0.25, 0.3) is 0 Å². The topological polar surface area (TPSA) is 209 Å². The van der Waals surface area contributed by atoms with Crippen molar-refractivity contribution in [3.63, 3.8) is 0 Å². The molecule has 34 heavy (non-hydrogen) atoms. The van der Waals surface area contributed by atoms with Crippen LogP contribution in [0.1, 0.15) is 0 Å². The first-order chi connectivity index (χ1) is 16.0. The fourth-order valence-electron chi connectivity index (χ4n) is 2.75. The van der Waals surface area contributed by atoms with Crippen LogP contribution in [0, 0.1) is 25.1 Å². The Morgan fingerprint density at radius 2 is 1.21 bits per heavy atom. The van der Waals surface area contributed by atoms with Gasteiger partial charge in [-0.1, -0.05) is 0 Å². The lowest BCUT2D eigenvalue weighted by atomic mass is 10.2. The minimum absolute atomic E-state index is 0.0390. The Morgan fingerprint density at radius 1 is 0.735 bits per heavy atom. The molecular weight excluding hydrogens is 476 g/mol. The quantitative estimate of drug-likeness (QED) is 0.197. The van der Waals surface area contributed by atoms with Crippen LogP contribution in [0.2, 0.25) is 0 Å². The van der Waals surface area contributed by atoms with E-state index in [1.165, 1.54) is 36.4 Å². The molecule has 15 nitrogen and oxygen atoms in total. The van der Waals surface area contributed by atoms with Gasteiger partial charge >= 0.3 is 16.4 Å². The molecule has 0 aliphatic heterocycles. The van der Waals surface area contributed by atoms with E-state index in [2.05, 4.69) is 10.2 Å². The van der Waals surface area contributed by atoms with Crippen molar-refractivity contribution in [2.75, 3.05) is 5.01 Å². The second-order valence-corrected chi connectivity index (χ2v) is 7.86. The lowest BCUT2D eigenvalue weighted by Crippen LogP contribution is -2.26. The molecule has 16 heteroatoms. The van der Waals surface area contributed by atoms with Gasteiger partial charge in [0.15, 0.2) is 0 Å². The summed E-state index contributed by atoms with van der Waals surface area (Å²) in [5.74, 6) is 0. The number of hydrogen-bond acceptors (Lipinski definition) is 9. The van der Waals surface area contributed by atoms with Gasteiger partial charge in [-0.05, 0) is 59.6 Å². The van der Waals surface area contributed by atoms with Crippen LogP contribution in [0.5, 0.6) is 0 Å². The second-order valence-electron chi connectivity index (χ2n) is 6.44. The van der Waals surface area contributed by atoms with Crippen LogP contribution in [-0.2, 0) is 10.1 Å². The number of benzene rings is 3. The Hall–Kier alpha value is -4.83. The molecule has 3 aromatic rings. The zero-order valence-electron chi connectivity index (χ0n) is 16.7. The smallest absolute Gasteiger partial charge is 0.282 e. The third kappa shape index (κ3) is 5.31. The molecule has 0 amide bonds. The number of hydrazine groups is 1. The zero-order chi connectivity index (χ0) is 25.0. The normalized spacial score (nSPS) is 11.3. The molecule has 0 spiro atoms. The fraction of sp³-hybridized carbons (Fsp3) is 0. The summed E-state index contributed by atoms with van der Waals surface area (Å²) in [7, 11) is -4.34. The predicted octanol–water partition coefficient (Wildman–Crippen LogP) is 4.39. The van der Waals surface area contributed by atoms with Gasteiger partial charge in [0.1, 0.15) is 16.3 Å². The van der Waals surface area contributed by atoms with Gasteiger partial charge in [0.25, 0.3) is 10.1 Å². The highest BCUT2D eigenvalue weighted by Crippen LogP contribution is 2.34. The number of nitro groups is 2. The number of nitrogens with zero attached hydrogens (tertiary/aromatic N) is 6. The summed E-state index contributed by atoms with van der Waals surface area (Å²) in [4.78, 5) is 31.6. The molecule has 0 fully saturated rings. The van der Waals surface area contributed by atoms with Gasteiger partial charge in [-0.2, -0.15) is 18.6 Å². The van der Waals surface area contributed by atoms with Crippen LogP contribution in [0.3, 0.4) is 0 Å². The van der Waals surface area contributed by atoms with E-state index < -0.39 is 36.4 Å². The molecule has 0 saturated heterocycles. The van der Waals surface area contributed by atoms with Gasteiger partial charge in [0.05, 0.1) is 32.2 Å². The van der Waals surface area contributed by atoms with E-state index in [4.69, 9.17) is 4.55 Å². The highest BCUT2D eigenvalue weighted by atomic mass is 32.2. The standard InChI is InChI=1S/C18H12N6O9S/c25-22(26)17-10-7-15(11-18(17)23(27)28)21(24(29)30)14-5-1-12(2-6-14)19-20-13-3-8-16(9-4-13)34(31,32)33/h1-11H,(H-,29,30,31,32,33)/p+1. The molecule has 0 aromatic heterocycles. The summed E-state index contributed by atoms with van der Waals surface area (Å²) in [6, 6.07) is 13.0. The number of rotatable bonds is 8. The van der Waals surface area contributed by atoms with E-state index in [1.807, 2.05) is 0 Å². The molecule has 2 N–H and O–H groups in total. The first kappa shape index (κ1) is 23.8. The largest absolute Gasteiger partial charge is 0.367 e. The molecule has 0 aliphatic rings. The molecule has 0 radical (unpaired) electrons. The summed E-state index contributed by atoms with van der Waals surface area (Å²) in [6.07, 6.45) is 0. The van der Waals surface area contributed by atoms with Crippen molar-refractivity contribution in [1.82, 2.24) is 0 Å². The molecule has 0 atom stereocenters. The van der Waals surface area contributed by atoms with Gasteiger partial charge in [-0.25, -0.2) is 5.21 Å². The SMILES string of the molecule is O=[N+]([O-])c1ccc(N(c2ccc(N=Nc3ccc(S(=O)(=O)O)cc3)cc2)[N+](=O)O)cc1[N+](=O)[O-]. The van der Waals surface area contributed by atoms with Crippen molar-refractivity contribution < 1.29 is 33.1 Å². The van der Waals surface area contributed by atoms with Crippen LogP contribution in [0.15, 0.2) is 81.9 Å². The predicted molar refractivity (Wildman–Crippen MR) is 114 cm³/mol. The monoisotopic (exact) mass is 489 g/mol. The van der Waals surface area contributed by atoms with Crippen molar-refractivity contribution in [2.45, 2.75) is 4.90 Å². The summed E-state index contributed by atoms with van der Waals surface area (Å²) in [6.45, 7) is 0. The van der Waals surface area contributed by atoms with Gasteiger partial charge in [0, 0.05) is 6.07 Å². The Balaban J connectivity index is 1.87. The molecule has 0 bridgehead atoms. The molecule has 174 valence electrons. The van der Waals surface area contributed by atoms with Crippen LogP contribution >= 0.6 is 0 Å². The molecule has 0 heterocycles. The first-order valence-electron chi connectivity index (χ1n) is 8.96. The lowest BCUT2D eigenvalue weighted by molar-refractivity contribution is -0.793. The fourth-order valence-corrected chi connectivity index (χ4v) is 3.23. The summed E-state index contributed by atoms with van der Waals surface area (Å²) in [5.41, 5.74) is -1.28. The highest BCUT2D eigenvalue weighted by Gasteiger charge is 2.31. The number of azo groups is 1. The Kier molecular flexibility index (Phi) is 6.55. The minimum Gasteiger partial charge on any atom is -0.282 e. The zero-order valence-corrected chi connectivity index (χ0v) is 17.5. The Labute approximate surface area is 189 Å². The maximum absolute atomic E-state index is 11.7. The highest BCUT2D eigenvalue weighted by molar-refractivity contribution is 7.85. The molecule has 0 saturated carbocycles. The summed E-state index contributed by atoms with van der Waals surface area (Å²) < 4.78 is 31.1. The average molecular weight is 489 g/mol. The molecule has 0 aliphatic carbocycles. The van der Waals surface area contributed by atoms with Gasteiger partial charge in [0.2, 0.25) is 0 Å². The van der Waals surface area contributed by atoms with Gasteiger partial charge in [-0.3, -0.25) is 24.8 Å². The van der Waals surface area contributed by atoms with Crippen molar-refractivity contribution in [2.24, 2.45) is 10.2 Å².